The molecule has 108 valence electrons. The van der Waals surface area contributed by atoms with E-state index in [0.717, 1.165) is 24.3 Å². The standard InChI is InChI=1S/C14H19N3O2S/c1-2-3-4-5-6-9-17-13(11-8-7-10-20-11)12(14(18)19)15-16-17/h7-8,10H,2-6,9H2,1H3,(H,18,19). The molecule has 2 aromatic heterocycles. The number of aryl methyl sites for hydroxylation is 1. The monoisotopic (exact) mass is 293 g/mol. The largest absolute Gasteiger partial charge is 0.476 e. The average molecular weight is 293 g/mol. The molecule has 0 aliphatic carbocycles. The molecule has 0 bridgehead atoms. The summed E-state index contributed by atoms with van der Waals surface area (Å²) in [5.74, 6) is -1.02. The number of carboxylic acid groups (broad SMARTS) is 1. The lowest BCUT2D eigenvalue weighted by atomic mass is 10.1. The lowest BCUT2D eigenvalue weighted by Crippen LogP contribution is -2.04. The Labute approximate surface area is 122 Å². The average Bonchev–Trinajstić information content (AvgIpc) is 3.06. The van der Waals surface area contributed by atoms with Gasteiger partial charge in [0.2, 0.25) is 0 Å². The minimum absolute atomic E-state index is 0.0426. The normalized spacial score (nSPS) is 10.8. The molecule has 0 spiro atoms. The highest BCUT2D eigenvalue weighted by atomic mass is 32.1. The molecule has 2 rings (SSSR count). The van der Waals surface area contributed by atoms with Crippen molar-refractivity contribution in [2.45, 2.75) is 45.6 Å². The van der Waals surface area contributed by atoms with Crippen LogP contribution in [0.5, 0.6) is 0 Å². The molecule has 0 unspecified atom stereocenters. The van der Waals surface area contributed by atoms with Crippen LogP contribution in [-0.2, 0) is 6.54 Å². The molecule has 0 radical (unpaired) electrons. The molecule has 0 saturated carbocycles. The summed E-state index contributed by atoms with van der Waals surface area (Å²) in [7, 11) is 0. The van der Waals surface area contributed by atoms with Gasteiger partial charge in [-0.05, 0) is 17.9 Å². The van der Waals surface area contributed by atoms with Gasteiger partial charge in [0.1, 0.15) is 5.69 Å². The second-order valence-electron chi connectivity index (χ2n) is 4.71. The van der Waals surface area contributed by atoms with Gasteiger partial charge in [-0.2, -0.15) is 0 Å². The van der Waals surface area contributed by atoms with E-state index < -0.39 is 5.97 Å². The smallest absolute Gasteiger partial charge is 0.358 e. The molecule has 2 aromatic rings. The maximum atomic E-state index is 11.2. The van der Waals surface area contributed by atoms with Gasteiger partial charge in [-0.1, -0.05) is 43.9 Å². The predicted molar refractivity (Wildman–Crippen MR) is 79.1 cm³/mol. The highest BCUT2D eigenvalue weighted by molar-refractivity contribution is 7.13. The van der Waals surface area contributed by atoms with Gasteiger partial charge < -0.3 is 5.11 Å². The third kappa shape index (κ3) is 3.45. The Morgan fingerprint density at radius 1 is 1.35 bits per heavy atom. The van der Waals surface area contributed by atoms with E-state index in [1.54, 1.807) is 4.68 Å². The van der Waals surface area contributed by atoms with Crippen LogP contribution in [0.1, 0.15) is 49.5 Å². The molecule has 1 N–H and O–H groups in total. The van der Waals surface area contributed by atoms with Gasteiger partial charge in [0.15, 0.2) is 5.69 Å². The van der Waals surface area contributed by atoms with Gasteiger partial charge in [0.25, 0.3) is 0 Å². The van der Waals surface area contributed by atoms with Crippen LogP contribution in [-0.4, -0.2) is 26.1 Å². The Balaban J connectivity index is 2.11. The van der Waals surface area contributed by atoms with E-state index in [9.17, 15) is 9.90 Å². The van der Waals surface area contributed by atoms with Crippen LogP contribution in [0.3, 0.4) is 0 Å². The topological polar surface area (TPSA) is 68.0 Å². The van der Waals surface area contributed by atoms with Crippen molar-refractivity contribution in [3.8, 4) is 10.6 Å². The Morgan fingerprint density at radius 2 is 2.15 bits per heavy atom. The molecule has 20 heavy (non-hydrogen) atoms. The molecule has 2 heterocycles. The fourth-order valence-electron chi connectivity index (χ4n) is 2.14. The van der Waals surface area contributed by atoms with Crippen molar-refractivity contribution in [1.29, 1.82) is 0 Å². The zero-order valence-electron chi connectivity index (χ0n) is 11.6. The molecule has 6 heteroatoms. The Morgan fingerprint density at radius 3 is 2.80 bits per heavy atom. The van der Waals surface area contributed by atoms with Gasteiger partial charge in [0, 0.05) is 6.54 Å². The Hall–Kier alpha value is -1.69. The van der Waals surface area contributed by atoms with Crippen molar-refractivity contribution in [2.75, 3.05) is 0 Å². The summed E-state index contributed by atoms with van der Waals surface area (Å²) in [4.78, 5) is 12.1. The fourth-order valence-corrected chi connectivity index (χ4v) is 2.91. The summed E-state index contributed by atoms with van der Waals surface area (Å²) in [6, 6.07) is 3.81. The molecular formula is C14H19N3O2S. The number of unbranched alkanes of at least 4 members (excludes halogenated alkanes) is 4. The summed E-state index contributed by atoms with van der Waals surface area (Å²) in [6.07, 6.45) is 5.81. The van der Waals surface area contributed by atoms with E-state index in [4.69, 9.17) is 0 Å². The number of nitrogens with zero attached hydrogens (tertiary/aromatic N) is 3. The highest BCUT2D eigenvalue weighted by Crippen LogP contribution is 2.27. The summed E-state index contributed by atoms with van der Waals surface area (Å²) in [5, 5.41) is 18.9. The fraction of sp³-hybridized carbons (Fsp3) is 0.500. The number of rotatable bonds is 8. The van der Waals surface area contributed by atoms with Crippen LogP contribution >= 0.6 is 11.3 Å². The minimum atomic E-state index is -1.02. The number of hydrogen-bond acceptors (Lipinski definition) is 4. The van der Waals surface area contributed by atoms with E-state index in [0.29, 0.717) is 5.69 Å². The van der Waals surface area contributed by atoms with Crippen LogP contribution in [0.2, 0.25) is 0 Å². The van der Waals surface area contributed by atoms with Crippen molar-refractivity contribution in [1.82, 2.24) is 15.0 Å². The highest BCUT2D eigenvalue weighted by Gasteiger charge is 2.20. The molecule has 0 amide bonds. The molecular weight excluding hydrogens is 274 g/mol. The second kappa shape index (κ2) is 7.19. The molecule has 0 fully saturated rings. The Bertz CT molecular complexity index is 549. The first-order valence-electron chi connectivity index (χ1n) is 6.94. The molecule has 0 saturated heterocycles. The van der Waals surface area contributed by atoms with Crippen molar-refractivity contribution in [3.63, 3.8) is 0 Å². The molecule has 0 aliphatic rings. The molecule has 0 aliphatic heterocycles. The van der Waals surface area contributed by atoms with Gasteiger partial charge in [-0.15, -0.1) is 16.4 Å². The van der Waals surface area contributed by atoms with E-state index in [1.807, 2.05) is 17.5 Å². The lowest BCUT2D eigenvalue weighted by molar-refractivity contribution is 0.0691. The number of hydrogen-bond donors (Lipinski definition) is 1. The number of aromatic carboxylic acids is 1. The zero-order valence-corrected chi connectivity index (χ0v) is 12.4. The summed E-state index contributed by atoms with van der Waals surface area (Å²) in [5.41, 5.74) is 0.670. The van der Waals surface area contributed by atoms with Gasteiger partial charge >= 0.3 is 5.97 Å². The SMILES string of the molecule is CCCCCCCn1nnc(C(=O)O)c1-c1cccs1. The summed E-state index contributed by atoms with van der Waals surface area (Å²) < 4.78 is 1.72. The van der Waals surface area contributed by atoms with E-state index in [2.05, 4.69) is 17.2 Å². The first kappa shape index (κ1) is 14.7. The lowest BCUT2D eigenvalue weighted by Gasteiger charge is -2.05. The minimum Gasteiger partial charge on any atom is -0.476 e. The van der Waals surface area contributed by atoms with Gasteiger partial charge in [0.05, 0.1) is 4.88 Å². The van der Waals surface area contributed by atoms with Crippen LogP contribution in [0, 0.1) is 0 Å². The van der Waals surface area contributed by atoms with Gasteiger partial charge in [-0.3, -0.25) is 0 Å². The van der Waals surface area contributed by atoms with Crippen molar-refractivity contribution >= 4 is 17.3 Å². The zero-order chi connectivity index (χ0) is 14.4. The number of carboxylic acids is 1. The summed E-state index contributed by atoms with van der Waals surface area (Å²) >= 11 is 1.51. The number of carbonyl (C=O) groups is 1. The van der Waals surface area contributed by atoms with Gasteiger partial charge in [-0.25, -0.2) is 9.48 Å². The Kier molecular flexibility index (Phi) is 5.29. The van der Waals surface area contributed by atoms with Crippen molar-refractivity contribution < 1.29 is 9.90 Å². The van der Waals surface area contributed by atoms with Crippen LogP contribution in [0.4, 0.5) is 0 Å². The predicted octanol–water partition coefficient (Wildman–Crippen LogP) is 3.68. The molecule has 5 nitrogen and oxygen atoms in total. The van der Waals surface area contributed by atoms with E-state index >= 15 is 0 Å². The molecule has 0 aromatic carbocycles. The first-order valence-corrected chi connectivity index (χ1v) is 7.82. The quantitative estimate of drug-likeness (QED) is 0.754. The summed E-state index contributed by atoms with van der Waals surface area (Å²) in [6.45, 7) is 2.91. The van der Waals surface area contributed by atoms with Crippen molar-refractivity contribution in [3.05, 3.63) is 23.2 Å². The maximum absolute atomic E-state index is 11.2. The van der Waals surface area contributed by atoms with E-state index in [1.165, 1.54) is 30.6 Å². The van der Waals surface area contributed by atoms with Crippen LogP contribution in [0.15, 0.2) is 17.5 Å². The number of aromatic nitrogens is 3. The third-order valence-corrected chi connectivity index (χ3v) is 4.04. The maximum Gasteiger partial charge on any atom is 0.358 e. The van der Waals surface area contributed by atoms with E-state index in [-0.39, 0.29) is 5.69 Å². The molecule has 0 atom stereocenters. The third-order valence-electron chi connectivity index (χ3n) is 3.17. The number of thiophene rings is 1. The van der Waals surface area contributed by atoms with Crippen molar-refractivity contribution in [2.24, 2.45) is 0 Å². The first-order chi connectivity index (χ1) is 9.74. The van der Waals surface area contributed by atoms with Crippen LogP contribution < -0.4 is 0 Å². The van der Waals surface area contributed by atoms with Crippen LogP contribution in [0.25, 0.3) is 10.6 Å². The second-order valence-corrected chi connectivity index (χ2v) is 5.65.